The molecule has 90 valence electrons. The summed E-state index contributed by atoms with van der Waals surface area (Å²) in [6, 6.07) is 0. The molecule has 0 atom stereocenters. The van der Waals surface area contributed by atoms with Crippen molar-refractivity contribution in [2.75, 3.05) is 39.3 Å². The molecule has 0 aromatic carbocycles. The zero-order valence-corrected chi connectivity index (χ0v) is 9.64. The Labute approximate surface area is 96.5 Å². The number of carbonyl (C=O) groups is 1. The van der Waals surface area contributed by atoms with Crippen molar-refractivity contribution in [1.29, 1.82) is 0 Å². The van der Waals surface area contributed by atoms with Crippen LogP contribution in [0.15, 0.2) is 12.2 Å². The lowest BCUT2D eigenvalue weighted by atomic mass is 10.2. The number of rotatable bonds is 5. The maximum Gasteiger partial charge on any atom is 0.328 e. The van der Waals surface area contributed by atoms with E-state index in [1.54, 1.807) is 6.08 Å². The number of nitrogens with zero attached hydrogens (tertiary/aromatic N) is 2. The third-order valence-corrected chi connectivity index (χ3v) is 3.30. The number of hydrogen-bond acceptors (Lipinski definition) is 3. The van der Waals surface area contributed by atoms with Crippen molar-refractivity contribution in [2.45, 2.75) is 12.8 Å². The first kappa shape index (κ1) is 11.6. The van der Waals surface area contributed by atoms with Crippen molar-refractivity contribution < 1.29 is 9.90 Å². The minimum Gasteiger partial charge on any atom is -0.478 e. The van der Waals surface area contributed by atoms with Gasteiger partial charge in [-0.1, -0.05) is 6.08 Å². The molecular formula is C12H20N2O2. The van der Waals surface area contributed by atoms with Crippen LogP contribution in [-0.2, 0) is 4.79 Å². The van der Waals surface area contributed by atoms with Crippen molar-refractivity contribution in [3.63, 3.8) is 0 Å². The van der Waals surface area contributed by atoms with Crippen LogP contribution in [0.4, 0.5) is 0 Å². The second-order valence-corrected chi connectivity index (χ2v) is 4.79. The van der Waals surface area contributed by atoms with Crippen LogP contribution in [0.3, 0.4) is 0 Å². The van der Waals surface area contributed by atoms with Crippen LogP contribution in [0.1, 0.15) is 12.8 Å². The van der Waals surface area contributed by atoms with Gasteiger partial charge in [0, 0.05) is 45.3 Å². The summed E-state index contributed by atoms with van der Waals surface area (Å²) in [6.45, 7) is 6.45. The van der Waals surface area contributed by atoms with E-state index in [0.717, 1.165) is 38.6 Å². The number of hydrogen-bond donors (Lipinski definition) is 1. The Hall–Kier alpha value is -0.870. The molecule has 0 spiro atoms. The van der Waals surface area contributed by atoms with Crippen molar-refractivity contribution in [1.82, 2.24) is 9.80 Å². The van der Waals surface area contributed by atoms with Crippen molar-refractivity contribution in [3.05, 3.63) is 12.2 Å². The van der Waals surface area contributed by atoms with Gasteiger partial charge >= 0.3 is 5.97 Å². The molecule has 1 aliphatic carbocycles. The van der Waals surface area contributed by atoms with Crippen molar-refractivity contribution in [3.8, 4) is 0 Å². The average Bonchev–Trinajstić information content (AvgIpc) is 3.04. The van der Waals surface area contributed by atoms with Gasteiger partial charge in [-0.2, -0.15) is 0 Å². The summed E-state index contributed by atoms with van der Waals surface area (Å²) >= 11 is 0. The quantitative estimate of drug-likeness (QED) is 0.697. The maximum absolute atomic E-state index is 10.3. The molecule has 2 aliphatic rings. The molecule has 0 aromatic rings. The predicted octanol–water partition coefficient (Wildman–Crippen LogP) is 0.655. The molecule has 4 nitrogen and oxygen atoms in total. The van der Waals surface area contributed by atoms with Gasteiger partial charge in [0.1, 0.15) is 0 Å². The van der Waals surface area contributed by atoms with Gasteiger partial charge in [-0.15, -0.1) is 0 Å². The first-order chi connectivity index (χ1) is 7.74. The van der Waals surface area contributed by atoms with E-state index in [2.05, 4.69) is 9.80 Å². The molecule has 0 bridgehead atoms. The van der Waals surface area contributed by atoms with E-state index in [4.69, 9.17) is 5.11 Å². The lowest BCUT2D eigenvalue weighted by Gasteiger charge is -2.34. The Bertz CT molecular complexity index is 266. The highest BCUT2D eigenvalue weighted by Crippen LogP contribution is 2.29. The van der Waals surface area contributed by atoms with Crippen LogP contribution >= 0.6 is 0 Å². The van der Waals surface area contributed by atoms with Crippen molar-refractivity contribution >= 4 is 5.97 Å². The zero-order valence-electron chi connectivity index (χ0n) is 9.64. The van der Waals surface area contributed by atoms with Crippen LogP contribution in [0, 0.1) is 5.92 Å². The largest absolute Gasteiger partial charge is 0.478 e. The normalized spacial score (nSPS) is 24.0. The summed E-state index contributed by atoms with van der Waals surface area (Å²) < 4.78 is 0. The van der Waals surface area contributed by atoms with E-state index < -0.39 is 5.97 Å². The van der Waals surface area contributed by atoms with E-state index in [1.807, 2.05) is 0 Å². The molecule has 1 saturated carbocycles. The summed E-state index contributed by atoms with van der Waals surface area (Å²) in [5.41, 5.74) is 0. The van der Waals surface area contributed by atoms with E-state index in [-0.39, 0.29) is 0 Å². The third-order valence-electron chi connectivity index (χ3n) is 3.30. The van der Waals surface area contributed by atoms with Gasteiger partial charge in [-0.25, -0.2) is 4.79 Å². The average molecular weight is 224 g/mol. The molecule has 4 heteroatoms. The van der Waals surface area contributed by atoms with Gasteiger partial charge in [0.25, 0.3) is 0 Å². The van der Waals surface area contributed by atoms with Gasteiger partial charge in [0.15, 0.2) is 0 Å². The Morgan fingerprint density at radius 2 is 1.81 bits per heavy atom. The first-order valence-corrected chi connectivity index (χ1v) is 6.08. The summed E-state index contributed by atoms with van der Waals surface area (Å²) in [6.07, 6.45) is 5.80. The van der Waals surface area contributed by atoms with Gasteiger partial charge < -0.3 is 10.0 Å². The lowest BCUT2D eigenvalue weighted by Crippen LogP contribution is -2.46. The molecule has 1 N–H and O–H groups in total. The van der Waals surface area contributed by atoms with Crippen LogP contribution in [0.5, 0.6) is 0 Å². The first-order valence-electron chi connectivity index (χ1n) is 6.08. The predicted molar refractivity (Wildman–Crippen MR) is 62.4 cm³/mol. The molecule has 0 unspecified atom stereocenters. The molecule has 2 rings (SSSR count). The fourth-order valence-corrected chi connectivity index (χ4v) is 2.12. The number of carboxylic acid groups (broad SMARTS) is 1. The monoisotopic (exact) mass is 224 g/mol. The van der Waals surface area contributed by atoms with Gasteiger partial charge in [0.05, 0.1) is 0 Å². The molecule has 2 fully saturated rings. The second kappa shape index (κ2) is 5.46. The summed E-state index contributed by atoms with van der Waals surface area (Å²) in [4.78, 5) is 15.2. The maximum atomic E-state index is 10.3. The van der Waals surface area contributed by atoms with Crippen molar-refractivity contribution in [2.24, 2.45) is 5.92 Å². The molecule has 0 amide bonds. The Kier molecular flexibility index (Phi) is 3.96. The Balaban J connectivity index is 1.62. The fraction of sp³-hybridized carbons (Fsp3) is 0.750. The molecule has 0 radical (unpaired) electrons. The number of piperazine rings is 1. The van der Waals surface area contributed by atoms with Crippen LogP contribution in [-0.4, -0.2) is 60.1 Å². The topological polar surface area (TPSA) is 43.8 Å². The van der Waals surface area contributed by atoms with Gasteiger partial charge in [0.2, 0.25) is 0 Å². The van der Waals surface area contributed by atoms with E-state index in [9.17, 15) is 4.79 Å². The highest BCUT2D eigenvalue weighted by atomic mass is 16.4. The zero-order chi connectivity index (χ0) is 11.4. The molecule has 16 heavy (non-hydrogen) atoms. The SMILES string of the molecule is O=C(O)/C=C/CN1CCN(CC2CC2)CC1. The molecule has 0 aromatic heterocycles. The van der Waals surface area contributed by atoms with E-state index in [1.165, 1.54) is 25.5 Å². The molecule has 1 heterocycles. The van der Waals surface area contributed by atoms with E-state index >= 15 is 0 Å². The highest BCUT2D eigenvalue weighted by Gasteiger charge is 2.25. The number of aliphatic carboxylic acids is 1. The third kappa shape index (κ3) is 3.94. The van der Waals surface area contributed by atoms with Crippen LogP contribution in [0.25, 0.3) is 0 Å². The highest BCUT2D eigenvalue weighted by molar-refractivity contribution is 5.79. The minimum atomic E-state index is -0.854. The number of carboxylic acids is 1. The second-order valence-electron chi connectivity index (χ2n) is 4.79. The minimum absolute atomic E-state index is 0.767. The van der Waals surface area contributed by atoms with Crippen LogP contribution in [0.2, 0.25) is 0 Å². The lowest BCUT2D eigenvalue weighted by molar-refractivity contribution is -0.131. The van der Waals surface area contributed by atoms with E-state index in [0.29, 0.717) is 0 Å². The van der Waals surface area contributed by atoms with Gasteiger partial charge in [-0.05, 0) is 18.8 Å². The Morgan fingerprint density at radius 3 is 2.38 bits per heavy atom. The molecule has 1 saturated heterocycles. The smallest absolute Gasteiger partial charge is 0.328 e. The summed E-state index contributed by atoms with van der Waals surface area (Å²) in [7, 11) is 0. The summed E-state index contributed by atoms with van der Waals surface area (Å²) in [5, 5.41) is 8.48. The Morgan fingerprint density at radius 1 is 1.19 bits per heavy atom. The molecule has 1 aliphatic heterocycles. The van der Waals surface area contributed by atoms with Crippen LogP contribution < -0.4 is 0 Å². The fourth-order valence-electron chi connectivity index (χ4n) is 2.12. The van der Waals surface area contributed by atoms with Gasteiger partial charge in [-0.3, -0.25) is 4.90 Å². The standard InChI is InChI=1S/C12H20N2O2/c15-12(16)2-1-5-13-6-8-14(9-7-13)10-11-3-4-11/h1-2,11H,3-10H2,(H,15,16)/b2-1+. The summed E-state index contributed by atoms with van der Waals surface area (Å²) in [5.74, 6) is 0.117. The molecular weight excluding hydrogens is 204 g/mol.